The third kappa shape index (κ3) is 2.91. The zero-order chi connectivity index (χ0) is 14.5. The lowest BCUT2D eigenvalue weighted by molar-refractivity contribution is -0.136. The second kappa shape index (κ2) is 5.83. The number of para-hydroxylation sites is 2. The number of amides is 1. The van der Waals surface area contributed by atoms with E-state index in [4.69, 9.17) is 10.8 Å². The van der Waals surface area contributed by atoms with E-state index in [9.17, 15) is 9.59 Å². The molecule has 104 valence electrons. The van der Waals surface area contributed by atoms with Gasteiger partial charge in [0, 0.05) is 6.54 Å². The zero-order valence-corrected chi connectivity index (χ0v) is 10.5. The number of carbonyl (C=O) groups is 2. The molecule has 0 saturated heterocycles. The third-order valence-corrected chi connectivity index (χ3v) is 2.66. The van der Waals surface area contributed by atoms with Crippen molar-refractivity contribution in [1.82, 2.24) is 15.4 Å². The Bertz CT molecular complexity index is 611. The first-order chi connectivity index (χ1) is 9.59. The van der Waals surface area contributed by atoms with Crippen LogP contribution < -0.4 is 10.6 Å². The molecule has 0 bridgehead atoms. The van der Waals surface area contributed by atoms with Gasteiger partial charge in [-0.25, -0.2) is 0 Å². The Hall–Kier alpha value is -2.90. The van der Waals surface area contributed by atoms with Crippen LogP contribution >= 0.6 is 0 Å². The number of hydrogen-bond donors (Lipinski definition) is 3. The summed E-state index contributed by atoms with van der Waals surface area (Å²) in [6, 6.07) is 6.73. The van der Waals surface area contributed by atoms with Gasteiger partial charge in [-0.15, -0.1) is 0 Å². The SMILES string of the molecule is Nc1ccccc1N(CCC(=O)O)C(=O)c1cn[nH]n1. The number of aromatic nitrogens is 3. The molecule has 0 radical (unpaired) electrons. The fourth-order valence-electron chi connectivity index (χ4n) is 1.72. The quantitative estimate of drug-likeness (QED) is 0.682. The standard InChI is InChI=1S/C12H13N5O3/c13-8-3-1-2-4-10(8)17(6-5-11(18)19)12(20)9-7-14-16-15-9/h1-4,7H,5-6,13H2,(H,18,19)(H,14,15,16). The van der Waals surface area contributed by atoms with Gasteiger partial charge in [0.05, 0.1) is 24.0 Å². The average Bonchev–Trinajstić information content (AvgIpc) is 2.94. The molecule has 4 N–H and O–H groups in total. The third-order valence-electron chi connectivity index (χ3n) is 2.66. The van der Waals surface area contributed by atoms with Crippen LogP contribution in [-0.4, -0.2) is 38.9 Å². The molecule has 0 unspecified atom stereocenters. The Morgan fingerprint density at radius 1 is 1.35 bits per heavy atom. The number of carbonyl (C=O) groups excluding carboxylic acids is 1. The minimum atomic E-state index is -1.00. The highest BCUT2D eigenvalue weighted by atomic mass is 16.4. The Labute approximate surface area is 114 Å². The fraction of sp³-hybridized carbons (Fsp3) is 0.167. The Morgan fingerprint density at radius 2 is 2.10 bits per heavy atom. The van der Waals surface area contributed by atoms with Gasteiger partial charge in [0.15, 0.2) is 5.69 Å². The molecular weight excluding hydrogens is 262 g/mol. The van der Waals surface area contributed by atoms with Crippen LogP contribution in [0.2, 0.25) is 0 Å². The van der Waals surface area contributed by atoms with Crippen LogP contribution in [0.5, 0.6) is 0 Å². The van der Waals surface area contributed by atoms with E-state index in [1.54, 1.807) is 24.3 Å². The maximum Gasteiger partial charge on any atom is 0.305 e. The van der Waals surface area contributed by atoms with Crippen molar-refractivity contribution >= 4 is 23.3 Å². The first kappa shape index (κ1) is 13.5. The molecule has 0 fully saturated rings. The Kier molecular flexibility index (Phi) is 3.94. The lowest BCUT2D eigenvalue weighted by atomic mass is 10.2. The summed E-state index contributed by atoms with van der Waals surface area (Å²) in [5, 5.41) is 18.4. The van der Waals surface area contributed by atoms with Gasteiger partial charge < -0.3 is 15.7 Å². The molecule has 2 aromatic rings. The second-order valence-electron chi connectivity index (χ2n) is 4.01. The molecule has 8 heteroatoms. The van der Waals surface area contributed by atoms with Gasteiger partial charge in [0.25, 0.3) is 5.91 Å². The van der Waals surface area contributed by atoms with Gasteiger partial charge in [-0.2, -0.15) is 15.4 Å². The van der Waals surface area contributed by atoms with Crippen molar-refractivity contribution in [3.8, 4) is 0 Å². The predicted molar refractivity (Wildman–Crippen MR) is 71.2 cm³/mol. The number of carboxylic acid groups (broad SMARTS) is 1. The minimum Gasteiger partial charge on any atom is -0.481 e. The number of carboxylic acids is 1. The van der Waals surface area contributed by atoms with Gasteiger partial charge in [-0.3, -0.25) is 9.59 Å². The average molecular weight is 275 g/mol. The molecule has 20 heavy (non-hydrogen) atoms. The molecule has 8 nitrogen and oxygen atoms in total. The van der Waals surface area contributed by atoms with E-state index in [1.807, 2.05) is 0 Å². The van der Waals surface area contributed by atoms with Crippen molar-refractivity contribution in [2.24, 2.45) is 0 Å². The molecule has 2 rings (SSSR count). The van der Waals surface area contributed by atoms with Crippen LogP contribution in [0.4, 0.5) is 11.4 Å². The van der Waals surface area contributed by atoms with Crippen LogP contribution in [-0.2, 0) is 4.79 Å². The van der Waals surface area contributed by atoms with Crippen molar-refractivity contribution in [2.75, 3.05) is 17.2 Å². The minimum absolute atomic E-state index is 0.00472. The van der Waals surface area contributed by atoms with E-state index in [-0.39, 0.29) is 18.7 Å². The monoisotopic (exact) mass is 275 g/mol. The summed E-state index contributed by atoms with van der Waals surface area (Å²) in [6.07, 6.45) is 1.08. The first-order valence-electron chi connectivity index (χ1n) is 5.83. The van der Waals surface area contributed by atoms with E-state index >= 15 is 0 Å². The normalized spacial score (nSPS) is 10.2. The lowest BCUT2D eigenvalue weighted by Gasteiger charge is -2.22. The maximum atomic E-state index is 12.3. The smallest absolute Gasteiger partial charge is 0.305 e. The number of nitrogens with two attached hydrogens (primary N) is 1. The molecule has 1 aromatic carbocycles. The summed E-state index contributed by atoms with van der Waals surface area (Å²) in [7, 11) is 0. The van der Waals surface area contributed by atoms with Crippen LogP contribution in [0, 0.1) is 0 Å². The molecular formula is C12H13N5O3. The first-order valence-corrected chi connectivity index (χ1v) is 5.83. The fourth-order valence-corrected chi connectivity index (χ4v) is 1.72. The van der Waals surface area contributed by atoms with Gasteiger partial charge in [-0.05, 0) is 12.1 Å². The largest absolute Gasteiger partial charge is 0.481 e. The number of nitrogens with one attached hydrogen (secondary N) is 1. The number of aromatic amines is 1. The van der Waals surface area contributed by atoms with E-state index in [0.29, 0.717) is 11.4 Å². The topological polar surface area (TPSA) is 125 Å². The number of hydrogen-bond acceptors (Lipinski definition) is 5. The molecule has 0 aliphatic heterocycles. The molecule has 1 amide bonds. The van der Waals surface area contributed by atoms with E-state index in [1.165, 1.54) is 11.1 Å². The lowest BCUT2D eigenvalue weighted by Crippen LogP contribution is -2.33. The molecule has 0 spiro atoms. The summed E-state index contributed by atoms with van der Waals surface area (Å²) in [5.41, 5.74) is 6.76. The number of aliphatic carboxylic acids is 1. The summed E-state index contributed by atoms with van der Waals surface area (Å²) >= 11 is 0. The number of nitrogens with zero attached hydrogens (tertiary/aromatic N) is 3. The van der Waals surface area contributed by atoms with E-state index < -0.39 is 11.9 Å². The highest BCUT2D eigenvalue weighted by molar-refractivity contribution is 6.06. The molecule has 0 saturated carbocycles. The van der Waals surface area contributed by atoms with Crippen molar-refractivity contribution in [3.63, 3.8) is 0 Å². The molecule has 0 atom stereocenters. The van der Waals surface area contributed by atoms with Crippen molar-refractivity contribution in [3.05, 3.63) is 36.2 Å². The summed E-state index contributed by atoms with van der Waals surface area (Å²) in [6.45, 7) is -0.00472. The highest BCUT2D eigenvalue weighted by Crippen LogP contribution is 2.24. The number of rotatable bonds is 5. The van der Waals surface area contributed by atoms with Gasteiger partial charge >= 0.3 is 5.97 Å². The van der Waals surface area contributed by atoms with Crippen molar-refractivity contribution in [1.29, 1.82) is 0 Å². The molecule has 1 aromatic heterocycles. The van der Waals surface area contributed by atoms with Crippen molar-refractivity contribution < 1.29 is 14.7 Å². The van der Waals surface area contributed by atoms with E-state index in [0.717, 1.165) is 0 Å². The van der Waals surface area contributed by atoms with Crippen LogP contribution in [0.25, 0.3) is 0 Å². The van der Waals surface area contributed by atoms with Gasteiger partial charge in [0.1, 0.15) is 0 Å². The number of H-pyrrole nitrogens is 1. The molecule has 1 heterocycles. The predicted octanol–water partition coefficient (Wildman–Crippen LogP) is 0.508. The Balaban J connectivity index is 2.32. The summed E-state index contributed by atoms with van der Waals surface area (Å²) in [4.78, 5) is 24.3. The van der Waals surface area contributed by atoms with Gasteiger partial charge in [0.2, 0.25) is 0 Å². The van der Waals surface area contributed by atoms with Crippen LogP contribution in [0.15, 0.2) is 30.5 Å². The molecule has 0 aliphatic rings. The second-order valence-corrected chi connectivity index (χ2v) is 4.01. The van der Waals surface area contributed by atoms with Crippen LogP contribution in [0.3, 0.4) is 0 Å². The van der Waals surface area contributed by atoms with Crippen molar-refractivity contribution in [2.45, 2.75) is 6.42 Å². The number of anilines is 2. The summed E-state index contributed by atoms with van der Waals surface area (Å²) in [5.74, 6) is -1.46. The zero-order valence-electron chi connectivity index (χ0n) is 10.5. The Morgan fingerprint density at radius 3 is 2.70 bits per heavy atom. The highest BCUT2D eigenvalue weighted by Gasteiger charge is 2.22. The van der Waals surface area contributed by atoms with E-state index in [2.05, 4.69) is 15.4 Å². The van der Waals surface area contributed by atoms with Gasteiger partial charge in [-0.1, -0.05) is 12.1 Å². The molecule has 0 aliphatic carbocycles. The number of nitrogen functional groups attached to an aromatic ring is 1. The maximum absolute atomic E-state index is 12.3. The van der Waals surface area contributed by atoms with Crippen LogP contribution in [0.1, 0.15) is 16.9 Å². The summed E-state index contributed by atoms with van der Waals surface area (Å²) < 4.78 is 0. The number of benzene rings is 1.